The Hall–Kier alpha value is -1.81. The fourth-order valence-electron chi connectivity index (χ4n) is 2.30. The standard InChI is InChI=1S/C16H15N3OS2/c17-10-13(16(21)19-6-8-20-9-7-19)15-18-14(11-22-15)12-4-2-1-3-5-12/h1-5,11,18H,6-9H2/b15-13+. The third kappa shape index (κ3) is 3.17. The summed E-state index contributed by atoms with van der Waals surface area (Å²) in [7, 11) is 0. The van der Waals surface area contributed by atoms with E-state index in [0.717, 1.165) is 29.4 Å². The zero-order valence-electron chi connectivity index (χ0n) is 11.9. The predicted octanol–water partition coefficient (Wildman–Crippen LogP) is 2.72. The van der Waals surface area contributed by atoms with Crippen LogP contribution in [0.1, 0.15) is 5.56 Å². The normalized spacial score (nSPS) is 20.0. The highest BCUT2D eigenvalue weighted by atomic mass is 32.2. The van der Waals surface area contributed by atoms with Gasteiger partial charge in [-0.15, -0.1) is 0 Å². The number of benzene rings is 1. The van der Waals surface area contributed by atoms with E-state index < -0.39 is 0 Å². The lowest BCUT2D eigenvalue weighted by atomic mass is 10.2. The summed E-state index contributed by atoms with van der Waals surface area (Å²) in [6, 6.07) is 12.3. The van der Waals surface area contributed by atoms with Gasteiger partial charge in [0.05, 0.1) is 23.9 Å². The van der Waals surface area contributed by atoms with Gasteiger partial charge in [-0.3, -0.25) is 0 Å². The summed E-state index contributed by atoms with van der Waals surface area (Å²) < 4.78 is 5.33. The van der Waals surface area contributed by atoms with E-state index in [1.807, 2.05) is 40.6 Å². The first kappa shape index (κ1) is 15.1. The first-order valence-electron chi connectivity index (χ1n) is 7.00. The molecule has 0 aliphatic carbocycles. The summed E-state index contributed by atoms with van der Waals surface area (Å²) in [5.41, 5.74) is 2.63. The number of hydrogen-bond acceptors (Lipinski definition) is 5. The average Bonchev–Trinajstić information content (AvgIpc) is 3.07. The molecular weight excluding hydrogens is 314 g/mol. The molecule has 6 heteroatoms. The number of rotatable bonds is 2. The van der Waals surface area contributed by atoms with Crippen molar-refractivity contribution in [1.29, 1.82) is 5.26 Å². The Morgan fingerprint density at radius 3 is 2.68 bits per heavy atom. The first-order valence-corrected chi connectivity index (χ1v) is 8.29. The van der Waals surface area contributed by atoms with Crippen LogP contribution in [0.3, 0.4) is 0 Å². The van der Waals surface area contributed by atoms with Gasteiger partial charge in [0.15, 0.2) is 0 Å². The molecule has 0 amide bonds. The second-order valence-corrected chi connectivity index (χ2v) is 6.13. The molecule has 1 fully saturated rings. The van der Waals surface area contributed by atoms with E-state index >= 15 is 0 Å². The second-order valence-electron chi connectivity index (χ2n) is 4.86. The molecule has 0 unspecified atom stereocenters. The van der Waals surface area contributed by atoms with Gasteiger partial charge >= 0.3 is 0 Å². The molecule has 0 saturated carbocycles. The van der Waals surface area contributed by atoms with E-state index in [0.29, 0.717) is 23.8 Å². The Kier molecular flexibility index (Phi) is 4.78. The van der Waals surface area contributed by atoms with Crippen molar-refractivity contribution in [2.24, 2.45) is 0 Å². The van der Waals surface area contributed by atoms with Crippen LogP contribution in [0.2, 0.25) is 0 Å². The molecule has 4 nitrogen and oxygen atoms in total. The number of thioether (sulfide) groups is 1. The van der Waals surface area contributed by atoms with Gasteiger partial charge in [0.2, 0.25) is 0 Å². The molecular formula is C16H15N3OS2. The number of hydrogen-bond donors (Lipinski definition) is 1. The molecule has 0 atom stereocenters. The van der Waals surface area contributed by atoms with Gasteiger partial charge in [0.1, 0.15) is 16.6 Å². The van der Waals surface area contributed by atoms with Crippen molar-refractivity contribution >= 4 is 34.7 Å². The number of nitriles is 1. The van der Waals surface area contributed by atoms with Crippen LogP contribution in [-0.4, -0.2) is 36.2 Å². The zero-order valence-corrected chi connectivity index (χ0v) is 13.5. The Morgan fingerprint density at radius 1 is 1.27 bits per heavy atom. The highest BCUT2D eigenvalue weighted by molar-refractivity contribution is 8.06. The minimum absolute atomic E-state index is 0.532. The predicted molar refractivity (Wildman–Crippen MR) is 92.8 cm³/mol. The number of nitrogens with one attached hydrogen (secondary N) is 1. The lowest BCUT2D eigenvalue weighted by Gasteiger charge is -2.29. The molecule has 112 valence electrons. The molecule has 0 aromatic heterocycles. The fourth-order valence-corrected chi connectivity index (χ4v) is 3.55. The maximum atomic E-state index is 9.51. The molecule has 2 aliphatic heterocycles. The van der Waals surface area contributed by atoms with Gasteiger partial charge in [-0.2, -0.15) is 5.26 Å². The fraction of sp³-hybridized carbons (Fsp3) is 0.250. The Morgan fingerprint density at radius 2 is 2.00 bits per heavy atom. The monoisotopic (exact) mass is 329 g/mol. The number of thiocarbonyl (C=S) groups is 1. The number of nitrogens with zero attached hydrogens (tertiary/aromatic N) is 2. The molecule has 22 heavy (non-hydrogen) atoms. The van der Waals surface area contributed by atoms with Gasteiger partial charge in [-0.05, 0) is 5.56 Å². The third-order valence-electron chi connectivity index (χ3n) is 3.48. The topological polar surface area (TPSA) is 48.3 Å². The third-order valence-corrected chi connectivity index (χ3v) is 4.84. The van der Waals surface area contributed by atoms with Crippen molar-refractivity contribution in [3.8, 4) is 6.07 Å². The van der Waals surface area contributed by atoms with Gasteiger partial charge in [0.25, 0.3) is 0 Å². The van der Waals surface area contributed by atoms with Gasteiger partial charge in [-0.1, -0.05) is 54.3 Å². The average molecular weight is 329 g/mol. The molecule has 0 spiro atoms. The van der Waals surface area contributed by atoms with E-state index in [-0.39, 0.29) is 0 Å². The summed E-state index contributed by atoms with van der Waals surface area (Å²) in [6.07, 6.45) is 0. The molecule has 2 aliphatic rings. The smallest absolute Gasteiger partial charge is 0.122 e. The molecule has 1 aromatic rings. The van der Waals surface area contributed by atoms with Crippen LogP contribution in [0.25, 0.3) is 5.70 Å². The Balaban J connectivity index is 1.78. The maximum Gasteiger partial charge on any atom is 0.122 e. The summed E-state index contributed by atoms with van der Waals surface area (Å²) >= 11 is 7.01. The van der Waals surface area contributed by atoms with Gasteiger partial charge < -0.3 is 15.0 Å². The molecule has 0 radical (unpaired) electrons. The lowest BCUT2D eigenvalue weighted by molar-refractivity contribution is 0.0693. The number of ether oxygens (including phenoxy) is 1. The van der Waals surface area contributed by atoms with Crippen LogP contribution in [0.15, 0.2) is 46.3 Å². The van der Waals surface area contributed by atoms with Crippen LogP contribution in [0.5, 0.6) is 0 Å². The Labute approximate surface area is 139 Å². The maximum absolute atomic E-state index is 9.51. The molecule has 1 N–H and O–H groups in total. The van der Waals surface area contributed by atoms with Crippen molar-refractivity contribution in [1.82, 2.24) is 10.2 Å². The second kappa shape index (κ2) is 6.97. The van der Waals surface area contributed by atoms with Crippen LogP contribution >= 0.6 is 24.0 Å². The minimum Gasteiger partial charge on any atom is -0.378 e. The Bertz CT molecular complexity index is 670. The van der Waals surface area contributed by atoms with Crippen molar-refractivity contribution in [3.63, 3.8) is 0 Å². The summed E-state index contributed by atoms with van der Waals surface area (Å²) in [6.45, 7) is 2.78. The van der Waals surface area contributed by atoms with E-state index in [9.17, 15) is 5.26 Å². The van der Waals surface area contributed by atoms with Crippen molar-refractivity contribution in [2.75, 3.05) is 26.3 Å². The molecule has 3 rings (SSSR count). The quantitative estimate of drug-likeness (QED) is 0.511. The van der Waals surface area contributed by atoms with E-state index in [2.05, 4.69) is 11.4 Å². The summed E-state index contributed by atoms with van der Waals surface area (Å²) in [5, 5.41) is 15.6. The molecule has 1 saturated heterocycles. The van der Waals surface area contributed by atoms with Gasteiger partial charge in [-0.25, -0.2) is 0 Å². The van der Waals surface area contributed by atoms with Crippen molar-refractivity contribution < 1.29 is 4.74 Å². The van der Waals surface area contributed by atoms with Crippen LogP contribution < -0.4 is 5.32 Å². The van der Waals surface area contributed by atoms with Crippen LogP contribution in [0.4, 0.5) is 0 Å². The van der Waals surface area contributed by atoms with E-state index in [1.54, 1.807) is 0 Å². The van der Waals surface area contributed by atoms with E-state index in [4.69, 9.17) is 17.0 Å². The minimum atomic E-state index is 0.532. The van der Waals surface area contributed by atoms with Crippen LogP contribution in [0, 0.1) is 11.3 Å². The lowest BCUT2D eigenvalue weighted by Crippen LogP contribution is -2.40. The van der Waals surface area contributed by atoms with Crippen LogP contribution in [-0.2, 0) is 4.74 Å². The summed E-state index contributed by atoms with van der Waals surface area (Å²) in [5.74, 6) is 0. The molecule has 2 heterocycles. The number of morpholine rings is 1. The molecule has 1 aromatic carbocycles. The van der Waals surface area contributed by atoms with Crippen molar-refractivity contribution in [3.05, 3.63) is 51.9 Å². The van der Waals surface area contributed by atoms with Gasteiger partial charge in [0, 0.05) is 18.5 Å². The van der Waals surface area contributed by atoms with E-state index in [1.165, 1.54) is 11.8 Å². The highest BCUT2D eigenvalue weighted by Gasteiger charge is 2.23. The zero-order chi connectivity index (χ0) is 15.4. The SMILES string of the molecule is N#C/C(C(=S)N1CCOCC1)=C1/NC(c2ccccc2)=CS1. The molecule has 0 bridgehead atoms. The van der Waals surface area contributed by atoms with Crippen molar-refractivity contribution in [2.45, 2.75) is 0 Å². The summed E-state index contributed by atoms with van der Waals surface area (Å²) in [4.78, 5) is 2.64. The first-order chi connectivity index (χ1) is 10.8. The highest BCUT2D eigenvalue weighted by Crippen LogP contribution is 2.32. The largest absolute Gasteiger partial charge is 0.378 e.